The monoisotopic (exact) mass is 586 g/mol. The topological polar surface area (TPSA) is 133 Å². The Kier molecular flexibility index (Phi) is 9.58. The molecule has 0 saturated heterocycles. The number of aromatic nitrogens is 1. The van der Waals surface area contributed by atoms with Gasteiger partial charge in [-0.1, -0.05) is 11.8 Å². The largest absolute Gasteiger partial charge is 0.481 e. The van der Waals surface area contributed by atoms with Crippen molar-refractivity contribution in [3.05, 3.63) is 81.2 Å². The predicted molar refractivity (Wildman–Crippen MR) is 145 cm³/mol. The van der Waals surface area contributed by atoms with Crippen molar-refractivity contribution in [2.75, 3.05) is 31.0 Å². The highest BCUT2D eigenvalue weighted by Gasteiger charge is 2.30. The predicted octanol–water partition coefficient (Wildman–Crippen LogP) is 5.74. The Balaban J connectivity index is 2.06. The summed E-state index contributed by atoms with van der Waals surface area (Å²) in [5, 5.41) is 14.4. The lowest BCUT2D eigenvalue weighted by molar-refractivity contribution is -0.384. The Hall–Kier alpha value is -5.32. The SMILES string of the molecule is COC(=O)c1cc(F)c(F)cc1Nc1ccc(F)cc1C#CCN(C(=O)OC(C)(C)C)c1nc(OC)ccc1[N+](=O)[O-]. The van der Waals surface area contributed by atoms with Gasteiger partial charge in [0, 0.05) is 18.2 Å². The fourth-order valence-corrected chi connectivity index (χ4v) is 3.44. The van der Waals surface area contributed by atoms with E-state index >= 15 is 0 Å². The van der Waals surface area contributed by atoms with Crippen LogP contribution in [-0.2, 0) is 9.47 Å². The summed E-state index contributed by atoms with van der Waals surface area (Å²) in [7, 11) is 2.34. The first-order valence-corrected chi connectivity index (χ1v) is 12.1. The second-order valence-corrected chi connectivity index (χ2v) is 9.44. The van der Waals surface area contributed by atoms with Crippen molar-refractivity contribution in [1.29, 1.82) is 0 Å². The van der Waals surface area contributed by atoms with Crippen molar-refractivity contribution in [1.82, 2.24) is 4.98 Å². The van der Waals surface area contributed by atoms with Gasteiger partial charge in [-0.25, -0.2) is 27.7 Å². The van der Waals surface area contributed by atoms with Crippen molar-refractivity contribution in [2.24, 2.45) is 0 Å². The van der Waals surface area contributed by atoms with Crippen LogP contribution in [0.2, 0.25) is 0 Å². The molecule has 0 unspecified atom stereocenters. The number of hydrogen-bond acceptors (Lipinski definition) is 9. The van der Waals surface area contributed by atoms with Crippen LogP contribution in [0.4, 0.5) is 40.8 Å². The Morgan fingerprint density at radius 1 is 1.05 bits per heavy atom. The van der Waals surface area contributed by atoms with Gasteiger partial charge in [0.25, 0.3) is 0 Å². The van der Waals surface area contributed by atoms with Gasteiger partial charge in [-0.15, -0.1) is 0 Å². The number of halogens is 3. The molecule has 0 saturated carbocycles. The third kappa shape index (κ3) is 7.66. The highest BCUT2D eigenvalue weighted by Crippen LogP contribution is 2.30. The molecule has 0 radical (unpaired) electrons. The van der Waals surface area contributed by atoms with E-state index in [2.05, 4.69) is 26.9 Å². The lowest BCUT2D eigenvalue weighted by Gasteiger charge is -2.25. The molecule has 0 aliphatic heterocycles. The van der Waals surface area contributed by atoms with E-state index in [1.165, 1.54) is 19.2 Å². The molecule has 0 atom stereocenters. The molecule has 1 amide bonds. The summed E-state index contributed by atoms with van der Waals surface area (Å²) in [6.07, 6.45) is -1.01. The molecule has 2 aromatic carbocycles. The molecular formula is C28H25F3N4O7. The first-order valence-electron chi connectivity index (χ1n) is 12.1. The summed E-state index contributed by atoms with van der Waals surface area (Å²) in [6, 6.07) is 7.01. The number of amides is 1. The maximum Gasteiger partial charge on any atom is 0.417 e. The van der Waals surface area contributed by atoms with Gasteiger partial charge in [-0.05, 0) is 45.0 Å². The maximum absolute atomic E-state index is 14.2. The average Bonchev–Trinajstić information content (AvgIpc) is 2.92. The number of carbonyl (C=O) groups excluding carboxylic acids is 2. The lowest BCUT2D eigenvalue weighted by atomic mass is 10.1. The zero-order valence-electron chi connectivity index (χ0n) is 23.1. The molecule has 42 heavy (non-hydrogen) atoms. The number of methoxy groups -OCH3 is 2. The standard InChI is InChI=1S/C28H25F3N4O7/c1-28(2,3)42-27(37)34(25-23(35(38)39)10-11-24(33-25)40-4)12-6-7-16-13-17(29)8-9-21(16)32-22-15-20(31)19(30)14-18(22)26(36)41-5/h8-11,13-15,32H,12H2,1-5H3. The summed E-state index contributed by atoms with van der Waals surface area (Å²) < 4.78 is 57.1. The fourth-order valence-electron chi connectivity index (χ4n) is 3.44. The number of hydrogen-bond donors (Lipinski definition) is 1. The number of ether oxygens (including phenoxy) is 3. The van der Waals surface area contributed by atoms with Gasteiger partial charge in [0.15, 0.2) is 11.6 Å². The van der Waals surface area contributed by atoms with E-state index in [1.807, 2.05) is 0 Å². The van der Waals surface area contributed by atoms with Crippen molar-refractivity contribution >= 4 is 34.9 Å². The van der Waals surface area contributed by atoms with Crippen LogP contribution in [0, 0.1) is 39.4 Å². The zero-order chi connectivity index (χ0) is 31.2. The quantitative estimate of drug-likeness (QED) is 0.159. The molecule has 1 heterocycles. The van der Waals surface area contributed by atoms with Crippen LogP contribution >= 0.6 is 0 Å². The molecule has 0 aliphatic rings. The Labute approximate surface area is 238 Å². The lowest BCUT2D eigenvalue weighted by Crippen LogP contribution is -2.38. The number of carbonyl (C=O) groups is 2. The van der Waals surface area contributed by atoms with Crippen LogP contribution in [0.3, 0.4) is 0 Å². The number of pyridine rings is 1. The molecule has 0 fully saturated rings. The molecular weight excluding hydrogens is 561 g/mol. The van der Waals surface area contributed by atoms with Crippen molar-refractivity contribution < 1.29 is 41.9 Å². The maximum atomic E-state index is 14.2. The van der Waals surface area contributed by atoms with Gasteiger partial charge >= 0.3 is 17.7 Å². The number of nitrogens with one attached hydrogen (secondary N) is 1. The Morgan fingerprint density at radius 3 is 2.36 bits per heavy atom. The number of esters is 1. The third-order valence-electron chi connectivity index (χ3n) is 5.28. The van der Waals surface area contributed by atoms with E-state index in [9.17, 15) is 32.9 Å². The number of nitrogens with zero attached hydrogens (tertiary/aromatic N) is 3. The van der Waals surface area contributed by atoms with Crippen LogP contribution in [0.15, 0.2) is 42.5 Å². The van der Waals surface area contributed by atoms with Crippen LogP contribution in [0.1, 0.15) is 36.7 Å². The number of rotatable bonds is 7. The fraction of sp³-hybridized carbons (Fsp3) is 0.250. The van der Waals surface area contributed by atoms with E-state index in [-0.39, 0.29) is 28.4 Å². The number of benzene rings is 2. The molecule has 11 nitrogen and oxygen atoms in total. The van der Waals surface area contributed by atoms with E-state index in [4.69, 9.17) is 9.47 Å². The summed E-state index contributed by atoms with van der Waals surface area (Å²) in [5.41, 5.74) is -2.00. The first kappa shape index (κ1) is 31.2. The molecule has 0 aliphatic carbocycles. The summed E-state index contributed by atoms with van der Waals surface area (Å²) in [4.78, 5) is 41.0. The Morgan fingerprint density at radius 2 is 1.74 bits per heavy atom. The van der Waals surface area contributed by atoms with E-state index in [1.54, 1.807) is 20.8 Å². The molecule has 1 aromatic heterocycles. The smallest absolute Gasteiger partial charge is 0.417 e. The minimum absolute atomic E-state index is 0.0206. The second kappa shape index (κ2) is 12.9. The molecule has 0 spiro atoms. The number of nitro groups is 1. The molecule has 14 heteroatoms. The summed E-state index contributed by atoms with van der Waals surface area (Å²) in [6.45, 7) is 4.26. The first-order chi connectivity index (χ1) is 19.7. The van der Waals surface area contributed by atoms with Gasteiger partial charge < -0.3 is 19.5 Å². The van der Waals surface area contributed by atoms with Crippen LogP contribution in [-0.4, -0.2) is 48.3 Å². The molecule has 0 bridgehead atoms. The molecule has 1 N–H and O–H groups in total. The van der Waals surface area contributed by atoms with Crippen molar-refractivity contribution in [3.63, 3.8) is 0 Å². The van der Waals surface area contributed by atoms with E-state index < -0.39 is 58.1 Å². The molecule has 220 valence electrons. The van der Waals surface area contributed by atoms with Gasteiger partial charge in [0.05, 0.1) is 48.2 Å². The minimum atomic E-state index is -1.29. The third-order valence-corrected chi connectivity index (χ3v) is 5.28. The van der Waals surface area contributed by atoms with E-state index in [0.717, 1.165) is 36.3 Å². The van der Waals surface area contributed by atoms with Crippen molar-refractivity contribution in [3.8, 4) is 17.7 Å². The van der Waals surface area contributed by atoms with Gasteiger partial charge in [0.1, 0.15) is 11.4 Å². The minimum Gasteiger partial charge on any atom is -0.481 e. The van der Waals surface area contributed by atoms with Crippen molar-refractivity contribution in [2.45, 2.75) is 26.4 Å². The van der Waals surface area contributed by atoms with Gasteiger partial charge in [-0.2, -0.15) is 4.98 Å². The van der Waals surface area contributed by atoms with Gasteiger partial charge in [-0.3, -0.25) is 10.1 Å². The summed E-state index contributed by atoms with van der Waals surface area (Å²) in [5.74, 6) is 0.608. The normalized spacial score (nSPS) is 10.7. The van der Waals surface area contributed by atoms with Crippen LogP contribution < -0.4 is 15.0 Å². The average molecular weight is 587 g/mol. The second-order valence-electron chi connectivity index (χ2n) is 9.44. The van der Waals surface area contributed by atoms with Gasteiger partial charge in [0.2, 0.25) is 11.7 Å². The highest BCUT2D eigenvalue weighted by molar-refractivity contribution is 5.96. The molecule has 3 rings (SSSR count). The highest BCUT2D eigenvalue weighted by atomic mass is 19.2. The zero-order valence-corrected chi connectivity index (χ0v) is 23.1. The van der Waals surface area contributed by atoms with Crippen LogP contribution in [0.25, 0.3) is 0 Å². The van der Waals surface area contributed by atoms with E-state index in [0.29, 0.717) is 6.07 Å². The molecule has 3 aromatic rings. The Bertz CT molecular complexity index is 1600. The summed E-state index contributed by atoms with van der Waals surface area (Å²) >= 11 is 0. The number of anilines is 3. The van der Waals surface area contributed by atoms with Crippen LogP contribution in [0.5, 0.6) is 5.88 Å².